The Labute approximate surface area is 155 Å². The number of esters is 2. The summed E-state index contributed by atoms with van der Waals surface area (Å²) < 4.78 is 10.8. The lowest BCUT2D eigenvalue weighted by atomic mass is 9.79. The molecule has 0 heterocycles. The van der Waals surface area contributed by atoms with E-state index in [2.05, 4.69) is 20.8 Å². The Morgan fingerprint density at radius 3 is 1.52 bits per heavy atom. The predicted octanol–water partition coefficient (Wildman–Crippen LogP) is 5.68. The third-order valence-corrected chi connectivity index (χ3v) is 4.63. The van der Waals surface area contributed by atoms with Crippen molar-refractivity contribution in [3.05, 3.63) is 0 Å². The highest BCUT2D eigenvalue weighted by Gasteiger charge is 2.46. The second-order valence-corrected chi connectivity index (χ2v) is 8.18. The van der Waals surface area contributed by atoms with Gasteiger partial charge in [0.1, 0.15) is 0 Å². The van der Waals surface area contributed by atoms with E-state index in [9.17, 15) is 9.59 Å². The van der Waals surface area contributed by atoms with Crippen LogP contribution in [0.5, 0.6) is 0 Å². The molecule has 0 spiro atoms. The number of ether oxygens (including phenoxy) is 2. The van der Waals surface area contributed by atoms with Gasteiger partial charge in [-0.3, -0.25) is 9.59 Å². The average molecular weight is 357 g/mol. The Kier molecular flexibility index (Phi) is 11.8. The number of hydrogen-bond acceptors (Lipinski definition) is 4. The molecule has 0 aliphatic rings. The molecule has 0 aromatic heterocycles. The maximum atomic E-state index is 12.7. The van der Waals surface area contributed by atoms with Gasteiger partial charge >= 0.3 is 11.9 Å². The van der Waals surface area contributed by atoms with Gasteiger partial charge in [-0.1, -0.05) is 67.2 Å². The van der Waals surface area contributed by atoms with Crippen LogP contribution in [0.1, 0.15) is 99.3 Å². The topological polar surface area (TPSA) is 52.6 Å². The summed E-state index contributed by atoms with van der Waals surface area (Å²) in [5.74, 6) is -0.804. The smallest absolute Gasteiger partial charge is 0.323 e. The first-order valence-electron chi connectivity index (χ1n) is 10.1. The summed E-state index contributed by atoms with van der Waals surface area (Å²) in [7, 11) is 0. The van der Waals surface area contributed by atoms with E-state index in [0.717, 1.165) is 44.9 Å². The van der Waals surface area contributed by atoms with Crippen LogP contribution in [0, 0.1) is 10.8 Å². The minimum Gasteiger partial charge on any atom is -0.465 e. The number of carbonyl (C=O) groups is 2. The van der Waals surface area contributed by atoms with Crippen LogP contribution >= 0.6 is 0 Å². The molecule has 4 nitrogen and oxygen atoms in total. The molecule has 4 heteroatoms. The molecule has 0 saturated heterocycles. The van der Waals surface area contributed by atoms with Gasteiger partial charge < -0.3 is 9.47 Å². The van der Waals surface area contributed by atoms with Crippen LogP contribution in [0.25, 0.3) is 0 Å². The molecule has 0 aromatic carbocycles. The second kappa shape index (κ2) is 12.3. The van der Waals surface area contributed by atoms with Gasteiger partial charge in [-0.25, -0.2) is 0 Å². The van der Waals surface area contributed by atoms with Crippen molar-refractivity contribution in [3.63, 3.8) is 0 Å². The normalized spacial score (nSPS) is 12.1. The maximum Gasteiger partial charge on any atom is 0.323 e. The molecule has 0 fully saturated rings. The van der Waals surface area contributed by atoms with Crippen LogP contribution in [0.3, 0.4) is 0 Å². The molecular formula is C21H40O4. The van der Waals surface area contributed by atoms with Crippen molar-refractivity contribution in [2.24, 2.45) is 10.8 Å². The monoisotopic (exact) mass is 356 g/mol. The molecule has 0 N–H and O–H groups in total. The van der Waals surface area contributed by atoms with Crippen molar-refractivity contribution >= 4 is 11.9 Å². The lowest BCUT2D eigenvalue weighted by Crippen LogP contribution is -2.42. The van der Waals surface area contributed by atoms with E-state index in [1.54, 1.807) is 0 Å². The molecule has 0 aliphatic heterocycles. The van der Waals surface area contributed by atoms with Crippen LogP contribution in [0.2, 0.25) is 0 Å². The van der Waals surface area contributed by atoms with Gasteiger partial charge in [-0.2, -0.15) is 0 Å². The van der Waals surface area contributed by atoms with Gasteiger partial charge in [-0.15, -0.1) is 0 Å². The zero-order valence-electron chi connectivity index (χ0n) is 17.4. The van der Waals surface area contributed by atoms with Crippen LogP contribution in [0.15, 0.2) is 0 Å². The van der Waals surface area contributed by atoms with Crippen molar-refractivity contribution in [2.75, 3.05) is 13.2 Å². The number of hydrogen-bond donors (Lipinski definition) is 0. The molecule has 0 rings (SSSR count). The molecular weight excluding hydrogens is 316 g/mol. The van der Waals surface area contributed by atoms with E-state index < -0.39 is 17.4 Å². The standard InChI is InChI=1S/C21H40O4/c1-7-10-16-24-18(22)21(9-3,19(23)25-17-11-8-2)15-13-12-14-20(4,5)6/h7-17H2,1-6H3. The van der Waals surface area contributed by atoms with Crippen molar-refractivity contribution in [3.8, 4) is 0 Å². The van der Waals surface area contributed by atoms with Crippen LogP contribution in [0.4, 0.5) is 0 Å². The summed E-state index contributed by atoms with van der Waals surface area (Å²) in [6.07, 6.45) is 7.39. The SMILES string of the molecule is CCCCOC(=O)C(CC)(CCCCC(C)(C)C)C(=O)OCCCC. The van der Waals surface area contributed by atoms with E-state index in [1.165, 1.54) is 0 Å². The Morgan fingerprint density at radius 2 is 1.16 bits per heavy atom. The lowest BCUT2D eigenvalue weighted by Gasteiger charge is -2.29. The summed E-state index contributed by atoms with van der Waals surface area (Å²) in [4.78, 5) is 25.4. The number of unbranched alkanes of at least 4 members (excludes halogenated alkanes) is 3. The minimum absolute atomic E-state index is 0.262. The molecule has 0 saturated carbocycles. The van der Waals surface area contributed by atoms with Crippen molar-refractivity contribution in [1.82, 2.24) is 0 Å². The molecule has 0 bridgehead atoms. The summed E-state index contributed by atoms with van der Waals surface area (Å²) in [5.41, 5.74) is -0.877. The fourth-order valence-electron chi connectivity index (χ4n) is 2.73. The van der Waals surface area contributed by atoms with Crippen molar-refractivity contribution < 1.29 is 19.1 Å². The first-order chi connectivity index (χ1) is 11.7. The summed E-state index contributed by atoms with van der Waals surface area (Å²) >= 11 is 0. The average Bonchev–Trinajstić information content (AvgIpc) is 2.54. The molecule has 0 radical (unpaired) electrons. The first-order valence-corrected chi connectivity index (χ1v) is 10.1. The summed E-state index contributed by atoms with van der Waals surface area (Å²) in [5, 5.41) is 0. The van der Waals surface area contributed by atoms with Crippen LogP contribution in [-0.2, 0) is 19.1 Å². The van der Waals surface area contributed by atoms with Gasteiger partial charge in [0, 0.05) is 0 Å². The number of carbonyl (C=O) groups excluding carboxylic acids is 2. The predicted molar refractivity (Wildman–Crippen MR) is 102 cm³/mol. The molecule has 148 valence electrons. The molecule has 0 atom stereocenters. The second-order valence-electron chi connectivity index (χ2n) is 8.18. The Bertz CT molecular complexity index is 360. The highest BCUT2D eigenvalue weighted by Crippen LogP contribution is 2.34. The fourth-order valence-corrected chi connectivity index (χ4v) is 2.73. The largest absolute Gasteiger partial charge is 0.465 e. The fraction of sp³-hybridized carbons (Fsp3) is 0.905. The van der Waals surface area contributed by atoms with E-state index in [0.29, 0.717) is 26.1 Å². The van der Waals surface area contributed by atoms with E-state index in [1.807, 2.05) is 20.8 Å². The van der Waals surface area contributed by atoms with E-state index in [-0.39, 0.29) is 5.41 Å². The molecule has 0 aliphatic carbocycles. The zero-order valence-corrected chi connectivity index (χ0v) is 17.4. The minimum atomic E-state index is -1.14. The molecule has 0 amide bonds. The van der Waals surface area contributed by atoms with Crippen LogP contribution in [-0.4, -0.2) is 25.2 Å². The Hall–Kier alpha value is -1.06. The maximum absolute atomic E-state index is 12.7. The van der Waals surface area contributed by atoms with E-state index in [4.69, 9.17) is 9.47 Å². The third kappa shape index (κ3) is 9.27. The molecule has 25 heavy (non-hydrogen) atoms. The van der Waals surface area contributed by atoms with Gasteiger partial charge in [0.2, 0.25) is 0 Å². The first kappa shape index (κ1) is 23.9. The van der Waals surface area contributed by atoms with Crippen molar-refractivity contribution in [1.29, 1.82) is 0 Å². The van der Waals surface area contributed by atoms with Gasteiger partial charge in [0.25, 0.3) is 0 Å². The van der Waals surface area contributed by atoms with Crippen molar-refractivity contribution in [2.45, 2.75) is 99.3 Å². The highest BCUT2D eigenvalue weighted by molar-refractivity contribution is 6.00. The van der Waals surface area contributed by atoms with Gasteiger partial charge in [-0.05, 0) is 37.5 Å². The summed E-state index contributed by atoms with van der Waals surface area (Å²) in [6, 6.07) is 0. The molecule has 0 unspecified atom stereocenters. The Balaban J connectivity index is 4.96. The third-order valence-electron chi connectivity index (χ3n) is 4.63. The summed E-state index contributed by atoms with van der Waals surface area (Å²) in [6.45, 7) is 13.3. The highest BCUT2D eigenvalue weighted by atomic mass is 16.6. The van der Waals surface area contributed by atoms with Gasteiger partial charge in [0.05, 0.1) is 13.2 Å². The quantitative estimate of drug-likeness (QED) is 0.242. The van der Waals surface area contributed by atoms with Crippen LogP contribution < -0.4 is 0 Å². The van der Waals surface area contributed by atoms with E-state index >= 15 is 0 Å². The number of rotatable bonds is 13. The Morgan fingerprint density at radius 1 is 0.720 bits per heavy atom. The lowest BCUT2D eigenvalue weighted by molar-refractivity contribution is -0.174. The zero-order chi connectivity index (χ0) is 19.3. The van der Waals surface area contributed by atoms with Gasteiger partial charge in [0.15, 0.2) is 5.41 Å². The molecule has 0 aromatic rings.